The maximum absolute atomic E-state index is 4.95. The van der Waals surface area contributed by atoms with Crippen molar-refractivity contribution in [2.24, 2.45) is 11.8 Å². The summed E-state index contributed by atoms with van der Waals surface area (Å²) in [7, 11) is 9.90. The molecule has 0 radical (unpaired) electrons. The summed E-state index contributed by atoms with van der Waals surface area (Å²) in [5.74, 6) is 1.84. The number of rotatable bonds is 5. The second-order valence-electron chi connectivity index (χ2n) is 3.94. The first-order chi connectivity index (χ1) is 6.08. The van der Waals surface area contributed by atoms with Gasteiger partial charge in [0.1, 0.15) is 0 Å². The van der Waals surface area contributed by atoms with Crippen molar-refractivity contribution < 1.29 is 15.1 Å². The van der Waals surface area contributed by atoms with E-state index < -0.39 is 15.1 Å². The Morgan fingerprint density at radius 1 is 1.08 bits per heavy atom. The molecule has 0 aliphatic rings. The van der Waals surface area contributed by atoms with Gasteiger partial charge in [0, 0.05) is 0 Å². The molecule has 0 nitrogen and oxygen atoms in total. The van der Waals surface area contributed by atoms with Crippen LogP contribution in [0.2, 0.25) is 0 Å². The molecule has 0 rings (SSSR count). The monoisotopic (exact) mass is 276 g/mol. The van der Waals surface area contributed by atoms with Gasteiger partial charge in [-0.05, 0) is 11.8 Å². The first-order valence-electron chi connectivity index (χ1n) is 5.20. The SMILES string of the molecule is CCC(C)CCCC(C)C.[Cl][Zn][Cl]. The Bertz CT molecular complexity index is 87.0. The van der Waals surface area contributed by atoms with Gasteiger partial charge in [-0.2, -0.15) is 0 Å². The fraction of sp³-hybridized carbons (Fsp3) is 1.00. The Morgan fingerprint density at radius 3 is 1.85 bits per heavy atom. The quantitative estimate of drug-likeness (QED) is 0.604. The van der Waals surface area contributed by atoms with Crippen molar-refractivity contribution in [1.82, 2.24) is 0 Å². The Hall–Kier alpha value is 1.20. The van der Waals surface area contributed by atoms with Crippen LogP contribution in [0.3, 0.4) is 0 Å². The summed E-state index contributed by atoms with van der Waals surface area (Å²) in [6, 6.07) is 0. The number of hydrogen-bond acceptors (Lipinski definition) is 0. The molecule has 0 aromatic heterocycles. The molecule has 0 aromatic rings. The zero-order valence-corrected chi connectivity index (χ0v) is 13.9. The van der Waals surface area contributed by atoms with Gasteiger partial charge in [-0.1, -0.05) is 53.4 Å². The summed E-state index contributed by atoms with van der Waals surface area (Å²) in [5, 5.41) is 0. The Kier molecular flexibility index (Phi) is 16.9. The molecule has 78 valence electrons. The predicted octanol–water partition coefficient (Wildman–Crippen LogP) is 5.24. The molecule has 0 N–H and O–H groups in total. The Labute approximate surface area is 99.4 Å². The van der Waals surface area contributed by atoms with Gasteiger partial charge in [-0.25, -0.2) is 0 Å². The van der Waals surface area contributed by atoms with Crippen LogP contribution in [0.5, 0.6) is 0 Å². The van der Waals surface area contributed by atoms with Crippen LogP contribution in [-0.2, 0) is 15.1 Å². The van der Waals surface area contributed by atoms with E-state index in [1.165, 1.54) is 25.7 Å². The molecule has 0 amide bonds. The van der Waals surface area contributed by atoms with Crippen LogP contribution in [-0.4, -0.2) is 0 Å². The van der Waals surface area contributed by atoms with Crippen LogP contribution < -0.4 is 0 Å². The summed E-state index contributed by atoms with van der Waals surface area (Å²) in [6.45, 7) is 9.23. The third-order valence-electron chi connectivity index (χ3n) is 2.18. The van der Waals surface area contributed by atoms with Gasteiger partial charge in [0.25, 0.3) is 0 Å². The molecular weight excluding hydrogens is 256 g/mol. The van der Waals surface area contributed by atoms with Crippen LogP contribution in [0.4, 0.5) is 0 Å². The molecule has 0 spiro atoms. The second kappa shape index (κ2) is 13.2. The van der Waals surface area contributed by atoms with E-state index in [1.54, 1.807) is 0 Å². The molecule has 0 aliphatic heterocycles. The topological polar surface area (TPSA) is 0 Å². The van der Waals surface area contributed by atoms with E-state index in [-0.39, 0.29) is 0 Å². The van der Waals surface area contributed by atoms with Crippen molar-refractivity contribution >= 4 is 19.4 Å². The standard InChI is InChI=1S/C10H22.2ClH.Zn/c1-5-10(4)8-6-7-9(2)3;;;/h9-10H,5-8H2,1-4H3;2*1H;/q;;;+2/p-2. The molecular formula is C10H22Cl2Zn. The van der Waals surface area contributed by atoms with E-state index in [2.05, 4.69) is 27.7 Å². The van der Waals surface area contributed by atoms with Crippen LogP contribution in [0.25, 0.3) is 0 Å². The fourth-order valence-corrected chi connectivity index (χ4v) is 1.08. The van der Waals surface area contributed by atoms with Gasteiger partial charge in [0.15, 0.2) is 0 Å². The van der Waals surface area contributed by atoms with E-state index in [9.17, 15) is 0 Å². The molecule has 0 saturated carbocycles. The summed E-state index contributed by atoms with van der Waals surface area (Å²) in [6.07, 6.45) is 5.60. The van der Waals surface area contributed by atoms with Gasteiger partial charge in [-0.15, -0.1) is 0 Å². The maximum atomic E-state index is 4.95. The van der Waals surface area contributed by atoms with Crippen molar-refractivity contribution in [3.8, 4) is 0 Å². The van der Waals surface area contributed by atoms with E-state index in [1.807, 2.05) is 0 Å². The molecule has 0 bridgehead atoms. The number of hydrogen-bond donors (Lipinski definition) is 0. The zero-order valence-electron chi connectivity index (χ0n) is 9.45. The normalized spacial score (nSPS) is 11.6. The van der Waals surface area contributed by atoms with Crippen molar-refractivity contribution in [3.05, 3.63) is 0 Å². The summed E-state index contributed by atoms with van der Waals surface area (Å²) in [4.78, 5) is 0. The van der Waals surface area contributed by atoms with Crippen molar-refractivity contribution in [1.29, 1.82) is 0 Å². The summed E-state index contributed by atoms with van der Waals surface area (Å²) < 4.78 is 0. The number of halogens is 2. The van der Waals surface area contributed by atoms with E-state index in [4.69, 9.17) is 19.4 Å². The van der Waals surface area contributed by atoms with Crippen LogP contribution in [0.1, 0.15) is 53.4 Å². The van der Waals surface area contributed by atoms with E-state index >= 15 is 0 Å². The summed E-state index contributed by atoms with van der Waals surface area (Å²) >= 11 is -0.931. The third-order valence-corrected chi connectivity index (χ3v) is 2.18. The molecule has 0 saturated heterocycles. The second-order valence-corrected chi connectivity index (χ2v) is 8.56. The van der Waals surface area contributed by atoms with Gasteiger partial charge >= 0.3 is 34.5 Å². The molecule has 1 unspecified atom stereocenters. The molecule has 0 aliphatic carbocycles. The third kappa shape index (κ3) is 19.6. The van der Waals surface area contributed by atoms with Crippen LogP contribution >= 0.6 is 19.4 Å². The Balaban J connectivity index is 0. The average molecular weight is 279 g/mol. The first-order valence-corrected chi connectivity index (χ1v) is 13.0. The van der Waals surface area contributed by atoms with E-state index in [0.29, 0.717) is 0 Å². The van der Waals surface area contributed by atoms with Crippen LogP contribution in [0, 0.1) is 11.8 Å². The molecule has 13 heavy (non-hydrogen) atoms. The molecule has 3 heteroatoms. The fourth-order valence-electron chi connectivity index (χ4n) is 1.08. The zero-order chi connectivity index (χ0) is 10.7. The molecule has 0 heterocycles. The van der Waals surface area contributed by atoms with Gasteiger partial charge in [-0.3, -0.25) is 0 Å². The Morgan fingerprint density at radius 2 is 1.54 bits per heavy atom. The summed E-state index contributed by atoms with van der Waals surface area (Å²) in [5.41, 5.74) is 0. The molecule has 0 aromatic carbocycles. The van der Waals surface area contributed by atoms with Crippen molar-refractivity contribution in [2.45, 2.75) is 53.4 Å². The first kappa shape index (κ1) is 16.6. The average Bonchev–Trinajstić information content (AvgIpc) is 2.05. The predicted molar refractivity (Wildman–Crippen MR) is 59.9 cm³/mol. The van der Waals surface area contributed by atoms with E-state index in [0.717, 1.165) is 11.8 Å². The van der Waals surface area contributed by atoms with Gasteiger partial charge < -0.3 is 0 Å². The van der Waals surface area contributed by atoms with Crippen molar-refractivity contribution in [3.63, 3.8) is 0 Å². The van der Waals surface area contributed by atoms with Gasteiger partial charge in [0.2, 0.25) is 0 Å². The molecule has 1 atom stereocenters. The van der Waals surface area contributed by atoms with Crippen molar-refractivity contribution in [2.75, 3.05) is 0 Å². The molecule has 0 fully saturated rings. The minimum atomic E-state index is -0.931. The van der Waals surface area contributed by atoms with Gasteiger partial charge in [0.05, 0.1) is 0 Å². The minimum absolute atomic E-state index is 0.893. The van der Waals surface area contributed by atoms with Crippen LogP contribution in [0.15, 0.2) is 0 Å².